The Morgan fingerprint density at radius 1 is 0.308 bits per heavy atom. The molecule has 39 heavy (non-hydrogen) atoms. The molecule has 1 heteroatoms. The number of rotatable bonds is 4. The summed E-state index contributed by atoms with van der Waals surface area (Å²) in [6.45, 7) is 0. The molecule has 0 saturated heterocycles. The van der Waals surface area contributed by atoms with Crippen molar-refractivity contribution in [3.8, 4) is 39.1 Å². The zero-order valence-corrected chi connectivity index (χ0v) is 21.4. The lowest BCUT2D eigenvalue weighted by atomic mass is 9.97. The minimum absolute atomic E-state index is 1.17. The number of hydrogen-bond acceptors (Lipinski definition) is 0. The van der Waals surface area contributed by atoms with E-state index in [1.807, 2.05) is 0 Å². The van der Waals surface area contributed by atoms with E-state index in [9.17, 15) is 0 Å². The molecule has 0 unspecified atom stereocenters. The van der Waals surface area contributed by atoms with Crippen LogP contribution in [-0.2, 0) is 0 Å². The number of hydrogen-bond donors (Lipinski definition) is 0. The van der Waals surface area contributed by atoms with E-state index in [-0.39, 0.29) is 0 Å². The molecule has 0 aliphatic rings. The van der Waals surface area contributed by atoms with Gasteiger partial charge in [-0.2, -0.15) is 0 Å². The smallest absolute Gasteiger partial charge is 0.0553 e. The fourth-order valence-corrected chi connectivity index (χ4v) is 6.10. The van der Waals surface area contributed by atoms with Gasteiger partial charge in [-0.25, -0.2) is 0 Å². The lowest BCUT2D eigenvalue weighted by Crippen LogP contribution is -1.96. The van der Waals surface area contributed by atoms with E-state index in [2.05, 4.69) is 156 Å². The van der Waals surface area contributed by atoms with Gasteiger partial charge in [0, 0.05) is 16.5 Å². The molecule has 0 bridgehead atoms. The summed E-state index contributed by atoms with van der Waals surface area (Å²) in [4.78, 5) is 0. The average Bonchev–Trinajstić information content (AvgIpc) is 3.36. The molecule has 182 valence electrons. The fourth-order valence-electron chi connectivity index (χ4n) is 6.10. The highest BCUT2D eigenvalue weighted by Crippen LogP contribution is 2.42. The third-order valence-corrected chi connectivity index (χ3v) is 7.89. The molecule has 0 spiro atoms. The third-order valence-electron chi connectivity index (χ3n) is 7.89. The van der Waals surface area contributed by atoms with Crippen molar-refractivity contribution >= 4 is 32.6 Å². The van der Waals surface area contributed by atoms with Gasteiger partial charge in [0.1, 0.15) is 0 Å². The van der Waals surface area contributed by atoms with Crippen molar-refractivity contribution in [1.29, 1.82) is 0 Å². The van der Waals surface area contributed by atoms with Crippen molar-refractivity contribution in [1.82, 2.24) is 4.57 Å². The molecule has 1 heterocycles. The highest BCUT2D eigenvalue weighted by atomic mass is 15.0. The van der Waals surface area contributed by atoms with Crippen LogP contribution in [-0.4, -0.2) is 4.57 Å². The lowest BCUT2D eigenvalue weighted by molar-refractivity contribution is 1.18. The van der Waals surface area contributed by atoms with Crippen molar-refractivity contribution in [3.63, 3.8) is 0 Å². The Kier molecular flexibility index (Phi) is 4.89. The monoisotopic (exact) mass is 495 g/mol. The van der Waals surface area contributed by atoms with Crippen LogP contribution in [0.2, 0.25) is 0 Å². The number of benzene rings is 7. The first-order valence-corrected chi connectivity index (χ1v) is 13.4. The molecule has 1 aromatic heterocycles. The molecular weight excluding hydrogens is 470 g/mol. The largest absolute Gasteiger partial charge is 0.309 e. The molecule has 1 nitrogen and oxygen atoms in total. The normalized spacial score (nSPS) is 11.6. The van der Waals surface area contributed by atoms with Gasteiger partial charge in [0.15, 0.2) is 0 Å². The van der Waals surface area contributed by atoms with Gasteiger partial charge in [-0.3, -0.25) is 0 Å². The maximum atomic E-state index is 2.47. The van der Waals surface area contributed by atoms with Gasteiger partial charge in [0.2, 0.25) is 0 Å². The second kappa shape index (κ2) is 8.72. The van der Waals surface area contributed by atoms with E-state index in [4.69, 9.17) is 0 Å². The molecule has 0 saturated carbocycles. The molecule has 8 aromatic rings. The van der Waals surface area contributed by atoms with E-state index in [1.165, 1.54) is 71.6 Å². The molecule has 0 N–H and O–H groups in total. The maximum absolute atomic E-state index is 2.47. The third kappa shape index (κ3) is 3.55. The van der Waals surface area contributed by atoms with E-state index in [0.717, 1.165) is 0 Å². The highest BCUT2D eigenvalue weighted by molar-refractivity contribution is 6.25. The molecular formula is C38H25N. The standard InChI is InChI=1S/C38H25N/c1-4-11-26(12-5-1)31-22-32(27-13-6-2-7-14-27)24-34(23-31)39-35-18-10-17-29-19-20-30-21-33(28-15-8-3-9-16-28)25-36(39)38(30)37(29)35/h1-25H. The van der Waals surface area contributed by atoms with Gasteiger partial charge >= 0.3 is 0 Å². The topological polar surface area (TPSA) is 4.93 Å². The van der Waals surface area contributed by atoms with Crippen LogP contribution in [0.3, 0.4) is 0 Å². The van der Waals surface area contributed by atoms with Gasteiger partial charge < -0.3 is 4.57 Å². The van der Waals surface area contributed by atoms with Crippen LogP contribution >= 0.6 is 0 Å². The van der Waals surface area contributed by atoms with Crippen LogP contribution in [0, 0.1) is 0 Å². The summed E-state index contributed by atoms with van der Waals surface area (Å²) in [6.07, 6.45) is 0. The van der Waals surface area contributed by atoms with Crippen LogP contribution in [0.4, 0.5) is 0 Å². The van der Waals surface area contributed by atoms with E-state index in [0.29, 0.717) is 0 Å². The predicted octanol–water partition coefficient (Wildman–Crippen LogP) is 10.4. The van der Waals surface area contributed by atoms with Gasteiger partial charge in [-0.05, 0) is 80.6 Å². The first-order valence-electron chi connectivity index (χ1n) is 13.4. The van der Waals surface area contributed by atoms with E-state index in [1.54, 1.807) is 0 Å². The van der Waals surface area contributed by atoms with Crippen molar-refractivity contribution in [2.45, 2.75) is 0 Å². The second-order valence-corrected chi connectivity index (χ2v) is 10.2. The minimum atomic E-state index is 1.17. The van der Waals surface area contributed by atoms with Crippen LogP contribution in [0.1, 0.15) is 0 Å². The molecule has 7 aromatic carbocycles. The quantitative estimate of drug-likeness (QED) is 0.214. The summed E-state index contributed by atoms with van der Waals surface area (Å²) in [7, 11) is 0. The van der Waals surface area contributed by atoms with Gasteiger partial charge in [-0.15, -0.1) is 0 Å². The Labute approximate surface area is 227 Å². The maximum Gasteiger partial charge on any atom is 0.0553 e. The Morgan fingerprint density at radius 2 is 0.821 bits per heavy atom. The Bertz CT molecular complexity index is 2030. The number of aromatic nitrogens is 1. The zero-order valence-electron chi connectivity index (χ0n) is 21.4. The fraction of sp³-hybridized carbons (Fsp3) is 0. The van der Waals surface area contributed by atoms with Crippen molar-refractivity contribution in [2.24, 2.45) is 0 Å². The van der Waals surface area contributed by atoms with Crippen molar-refractivity contribution < 1.29 is 0 Å². The summed E-state index contributed by atoms with van der Waals surface area (Å²) in [6, 6.07) is 55.0. The van der Waals surface area contributed by atoms with E-state index >= 15 is 0 Å². The Hall–Kier alpha value is -5.14. The van der Waals surface area contributed by atoms with Crippen molar-refractivity contribution in [2.75, 3.05) is 0 Å². The summed E-state index contributed by atoms with van der Waals surface area (Å²) in [5.74, 6) is 0. The van der Waals surface area contributed by atoms with Crippen LogP contribution in [0.25, 0.3) is 71.6 Å². The Morgan fingerprint density at radius 3 is 1.41 bits per heavy atom. The molecule has 0 aliphatic carbocycles. The molecule has 8 rings (SSSR count). The van der Waals surface area contributed by atoms with Crippen LogP contribution in [0.5, 0.6) is 0 Å². The van der Waals surface area contributed by atoms with Gasteiger partial charge in [-0.1, -0.05) is 115 Å². The lowest BCUT2D eigenvalue weighted by Gasteiger charge is -2.14. The molecule has 0 radical (unpaired) electrons. The van der Waals surface area contributed by atoms with Crippen molar-refractivity contribution in [3.05, 3.63) is 152 Å². The molecule has 0 amide bonds. The first-order chi connectivity index (χ1) is 19.3. The molecule has 0 aliphatic heterocycles. The minimum Gasteiger partial charge on any atom is -0.309 e. The van der Waals surface area contributed by atoms with Gasteiger partial charge in [0.25, 0.3) is 0 Å². The predicted molar refractivity (Wildman–Crippen MR) is 166 cm³/mol. The summed E-state index contributed by atoms with van der Waals surface area (Å²) in [5.41, 5.74) is 11.0. The molecule has 0 atom stereocenters. The molecule has 0 fully saturated rings. The van der Waals surface area contributed by atoms with Gasteiger partial charge in [0.05, 0.1) is 11.0 Å². The van der Waals surface area contributed by atoms with Crippen LogP contribution in [0.15, 0.2) is 152 Å². The number of nitrogens with zero attached hydrogens (tertiary/aromatic N) is 1. The Balaban J connectivity index is 1.49. The second-order valence-electron chi connectivity index (χ2n) is 10.2. The highest BCUT2D eigenvalue weighted by Gasteiger charge is 2.19. The average molecular weight is 496 g/mol. The van der Waals surface area contributed by atoms with Crippen LogP contribution < -0.4 is 0 Å². The summed E-state index contributed by atoms with van der Waals surface area (Å²) in [5, 5.41) is 5.21. The zero-order chi connectivity index (χ0) is 25.8. The first kappa shape index (κ1) is 21.9. The van der Waals surface area contributed by atoms with E-state index < -0.39 is 0 Å². The summed E-state index contributed by atoms with van der Waals surface area (Å²) >= 11 is 0. The SMILES string of the molecule is c1ccc(-c2cc(-c3ccccc3)cc(-n3c4cccc5ccc6cc(-c7ccccc7)cc3c6c54)c2)cc1. The summed E-state index contributed by atoms with van der Waals surface area (Å²) < 4.78 is 2.47.